The van der Waals surface area contributed by atoms with Gasteiger partial charge in [-0.2, -0.15) is 0 Å². The number of benzene rings is 2. The minimum atomic E-state index is -0.236. The molecule has 4 rings (SSSR count). The average molecular weight is 361 g/mol. The highest BCUT2D eigenvalue weighted by atomic mass is 35.5. The Labute approximate surface area is 147 Å². The van der Waals surface area contributed by atoms with E-state index >= 15 is 0 Å². The van der Waals surface area contributed by atoms with Crippen molar-refractivity contribution in [3.05, 3.63) is 63.7 Å². The van der Waals surface area contributed by atoms with Crippen molar-refractivity contribution in [1.82, 2.24) is 5.32 Å². The molecular weight excluding hydrogens is 347 g/mol. The maximum atomic E-state index is 14.1. The van der Waals surface area contributed by atoms with Crippen LogP contribution in [0.1, 0.15) is 15.2 Å². The van der Waals surface area contributed by atoms with Crippen LogP contribution < -0.4 is 10.2 Å². The van der Waals surface area contributed by atoms with Gasteiger partial charge in [0.25, 0.3) is 5.91 Å². The van der Waals surface area contributed by atoms with Crippen LogP contribution in [0.2, 0.25) is 5.02 Å². The molecule has 0 fully saturated rings. The summed E-state index contributed by atoms with van der Waals surface area (Å²) in [5, 5.41) is 4.47. The predicted molar refractivity (Wildman–Crippen MR) is 96.6 cm³/mol. The van der Waals surface area contributed by atoms with Gasteiger partial charge in [-0.25, -0.2) is 4.39 Å². The highest BCUT2D eigenvalue weighted by Crippen LogP contribution is 2.41. The summed E-state index contributed by atoms with van der Waals surface area (Å²) in [5.74, 6) is -0.321. The van der Waals surface area contributed by atoms with Gasteiger partial charge in [0.05, 0.1) is 5.69 Å². The first kappa shape index (κ1) is 15.4. The van der Waals surface area contributed by atoms with Crippen molar-refractivity contribution in [2.45, 2.75) is 6.54 Å². The molecule has 1 N–H and O–H groups in total. The lowest BCUT2D eigenvalue weighted by Crippen LogP contribution is -2.30. The third-order valence-electron chi connectivity index (χ3n) is 4.13. The monoisotopic (exact) mass is 360 g/mol. The lowest BCUT2D eigenvalue weighted by molar-refractivity contribution is 0.0962. The Kier molecular flexibility index (Phi) is 3.90. The zero-order valence-electron chi connectivity index (χ0n) is 12.7. The van der Waals surface area contributed by atoms with Crippen molar-refractivity contribution in [2.24, 2.45) is 0 Å². The molecule has 6 heteroatoms. The molecule has 1 aromatic heterocycles. The maximum absolute atomic E-state index is 14.1. The van der Waals surface area contributed by atoms with Gasteiger partial charge in [0, 0.05) is 40.3 Å². The van der Waals surface area contributed by atoms with Gasteiger partial charge in [0.1, 0.15) is 10.7 Å². The van der Waals surface area contributed by atoms with E-state index in [1.54, 1.807) is 12.1 Å². The van der Waals surface area contributed by atoms with Gasteiger partial charge in [-0.05, 0) is 24.3 Å². The Bertz CT molecular complexity index is 940. The number of hydrogen-bond donors (Lipinski definition) is 1. The first-order valence-electron chi connectivity index (χ1n) is 7.62. The Hall–Kier alpha value is -2.11. The number of nitrogens with one attached hydrogen (secondary N) is 1. The summed E-state index contributed by atoms with van der Waals surface area (Å²) < 4.78 is 15.1. The van der Waals surface area contributed by atoms with E-state index in [2.05, 4.69) is 10.2 Å². The van der Waals surface area contributed by atoms with Crippen molar-refractivity contribution in [1.29, 1.82) is 0 Å². The van der Waals surface area contributed by atoms with E-state index in [1.807, 2.05) is 24.3 Å². The minimum absolute atomic E-state index is 0.0849. The number of hydrogen-bond acceptors (Lipinski definition) is 3. The number of carbonyl (C=O) groups is 1. The number of halogens is 2. The van der Waals surface area contributed by atoms with Crippen LogP contribution in [0, 0.1) is 5.82 Å². The molecule has 0 radical (unpaired) electrons. The SMILES string of the molecule is O=C1NCCN(Cc2ccccc2F)c2c1sc1ccc(Cl)cc21. The highest BCUT2D eigenvalue weighted by Gasteiger charge is 2.26. The Balaban J connectivity index is 1.86. The summed E-state index contributed by atoms with van der Waals surface area (Å²) in [6, 6.07) is 12.3. The fraction of sp³-hybridized carbons (Fsp3) is 0.167. The summed E-state index contributed by atoms with van der Waals surface area (Å²) in [6.07, 6.45) is 0. The van der Waals surface area contributed by atoms with Crippen molar-refractivity contribution in [2.75, 3.05) is 18.0 Å². The lowest BCUT2D eigenvalue weighted by Gasteiger charge is -2.23. The van der Waals surface area contributed by atoms with E-state index < -0.39 is 0 Å². The second-order valence-corrected chi connectivity index (χ2v) is 7.18. The van der Waals surface area contributed by atoms with Crippen molar-refractivity contribution in [3.8, 4) is 0 Å². The molecule has 1 aliphatic rings. The topological polar surface area (TPSA) is 32.3 Å². The van der Waals surface area contributed by atoms with E-state index in [0.29, 0.717) is 35.1 Å². The number of amides is 1. The fourth-order valence-corrected chi connectivity index (χ4v) is 4.31. The van der Waals surface area contributed by atoms with Crippen molar-refractivity contribution < 1.29 is 9.18 Å². The lowest BCUT2D eigenvalue weighted by atomic mass is 10.1. The molecule has 0 bridgehead atoms. The molecule has 0 atom stereocenters. The number of thiophene rings is 1. The number of nitrogens with zero attached hydrogens (tertiary/aromatic N) is 1. The first-order valence-corrected chi connectivity index (χ1v) is 8.81. The zero-order chi connectivity index (χ0) is 16.7. The van der Waals surface area contributed by atoms with Crippen LogP contribution in [0.25, 0.3) is 10.1 Å². The Morgan fingerprint density at radius 3 is 2.92 bits per heavy atom. The summed E-state index contributed by atoms with van der Waals surface area (Å²) in [7, 11) is 0. The van der Waals surface area contributed by atoms with Gasteiger partial charge in [-0.1, -0.05) is 29.8 Å². The van der Waals surface area contributed by atoms with Gasteiger partial charge in [-0.3, -0.25) is 4.79 Å². The van der Waals surface area contributed by atoms with Gasteiger partial charge >= 0.3 is 0 Å². The smallest absolute Gasteiger partial charge is 0.263 e. The normalized spacial score (nSPS) is 14.4. The van der Waals surface area contributed by atoms with Gasteiger partial charge in [0.2, 0.25) is 0 Å². The number of anilines is 1. The highest BCUT2D eigenvalue weighted by molar-refractivity contribution is 7.21. The summed E-state index contributed by atoms with van der Waals surface area (Å²) in [5.41, 5.74) is 1.45. The van der Waals surface area contributed by atoms with Crippen LogP contribution in [0.15, 0.2) is 42.5 Å². The zero-order valence-corrected chi connectivity index (χ0v) is 14.3. The van der Waals surface area contributed by atoms with Crippen LogP contribution in [0.5, 0.6) is 0 Å². The molecule has 1 amide bonds. The van der Waals surface area contributed by atoms with E-state index in [0.717, 1.165) is 15.8 Å². The first-order chi connectivity index (χ1) is 11.6. The third-order valence-corrected chi connectivity index (χ3v) is 5.53. The second kappa shape index (κ2) is 6.07. The van der Waals surface area contributed by atoms with Crippen molar-refractivity contribution in [3.63, 3.8) is 0 Å². The van der Waals surface area contributed by atoms with Crippen LogP contribution in [0.3, 0.4) is 0 Å². The molecule has 2 heterocycles. The number of fused-ring (bicyclic) bond motifs is 3. The molecule has 0 saturated carbocycles. The van der Waals surface area contributed by atoms with Crippen LogP contribution in [0.4, 0.5) is 10.1 Å². The summed E-state index contributed by atoms with van der Waals surface area (Å²) in [6.45, 7) is 1.55. The fourth-order valence-electron chi connectivity index (χ4n) is 3.01. The standard InChI is InChI=1S/C18H14ClFN2OS/c19-12-5-6-15-13(9-12)16-17(24-15)18(23)21-7-8-22(16)10-11-3-1-2-4-14(11)20/h1-6,9H,7-8,10H2,(H,21,23). The molecule has 1 aliphatic heterocycles. The quantitative estimate of drug-likeness (QED) is 0.732. The second-order valence-electron chi connectivity index (χ2n) is 5.69. The largest absolute Gasteiger partial charge is 0.363 e. The van der Waals surface area contributed by atoms with Crippen LogP contribution in [-0.2, 0) is 6.54 Å². The molecule has 0 aliphatic carbocycles. The van der Waals surface area contributed by atoms with E-state index in [4.69, 9.17) is 11.6 Å². The molecule has 122 valence electrons. The summed E-state index contributed by atoms with van der Waals surface area (Å²) in [4.78, 5) is 15.1. The van der Waals surface area contributed by atoms with Crippen molar-refractivity contribution >= 4 is 44.6 Å². The molecule has 0 saturated heterocycles. The van der Waals surface area contributed by atoms with E-state index in [9.17, 15) is 9.18 Å². The van der Waals surface area contributed by atoms with E-state index in [-0.39, 0.29) is 11.7 Å². The third kappa shape index (κ3) is 2.64. The Morgan fingerprint density at radius 2 is 2.08 bits per heavy atom. The molecule has 24 heavy (non-hydrogen) atoms. The molecule has 3 aromatic rings. The molecule has 3 nitrogen and oxygen atoms in total. The van der Waals surface area contributed by atoms with Crippen LogP contribution >= 0.6 is 22.9 Å². The maximum Gasteiger partial charge on any atom is 0.263 e. The van der Waals surface area contributed by atoms with Gasteiger partial charge < -0.3 is 10.2 Å². The summed E-state index contributed by atoms with van der Waals surface area (Å²) >= 11 is 7.60. The van der Waals surface area contributed by atoms with Gasteiger partial charge in [-0.15, -0.1) is 11.3 Å². The molecule has 2 aromatic carbocycles. The Morgan fingerprint density at radius 1 is 1.25 bits per heavy atom. The van der Waals surface area contributed by atoms with E-state index in [1.165, 1.54) is 17.4 Å². The van der Waals surface area contributed by atoms with Crippen LogP contribution in [-0.4, -0.2) is 19.0 Å². The minimum Gasteiger partial charge on any atom is -0.363 e. The van der Waals surface area contributed by atoms with Gasteiger partial charge in [0.15, 0.2) is 0 Å². The number of rotatable bonds is 2. The molecule has 0 spiro atoms. The number of carbonyl (C=O) groups excluding carboxylic acids is 1. The predicted octanol–water partition coefficient (Wildman–Crippen LogP) is 4.44. The molecular formula is C18H14ClFN2OS. The average Bonchev–Trinajstić information content (AvgIpc) is 2.87. The molecule has 0 unspecified atom stereocenters.